The van der Waals surface area contributed by atoms with Crippen molar-refractivity contribution in [2.24, 2.45) is 0 Å². The molecule has 0 saturated carbocycles. The predicted octanol–water partition coefficient (Wildman–Crippen LogP) is 1.75. The minimum absolute atomic E-state index is 0.0429. The van der Waals surface area contributed by atoms with Crippen LogP contribution in [0.5, 0.6) is 0 Å². The van der Waals surface area contributed by atoms with Crippen molar-refractivity contribution in [1.82, 2.24) is 9.21 Å². The Kier molecular flexibility index (Phi) is 6.13. The molecular weight excluding hydrogens is 280 g/mol. The fourth-order valence-electron chi connectivity index (χ4n) is 2.01. The van der Waals surface area contributed by atoms with Gasteiger partial charge in [-0.1, -0.05) is 11.9 Å². The molecule has 0 spiro atoms. The Balaban J connectivity index is 2.64. The lowest BCUT2D eigenvalue weighted by Gasteiger charge is -2.39. The molecule has 7 heteroatoms. The van der Waals surface area contributed by atoms with Crippen molar-refractivity contribution >= 4 is 24.0 Å². The first kappa shape index (κ1) is 17.1. The van der Waals surface area contributed by atoms with Crippen LogP contribution in [0.3, 0.4) is 0 Å². The van der Waals surface area contributed by atoms with Crippen molar-refractivity contribution in [3.63, 3.8) is 0 Å². The SMILES string of the molecule is COC(=O)CC1CN(C(=O)OC(C)(C)C)CCN1SC. The monoisotopic (exact) mass is 304 g/mol. The van der Waals surface area contributed by atoms with Gasteiger partial charge in [-0.3, -0.25) is 4.79 Å². The van der Waals surface area contributed by atoms with Crippen LogP contribution in [-0.4, -0.2) is 65.9 Å². The van der Waals surface area contributed by atoms with Crippen LogP contribution < -0.4 is 0 Å². The second-order valence-electron chi connectivity index (χ2n) is 5.68. The highest BCUT2D eigenvalue weighted by molar-refractivity contribution is 7.96. The van der Waals surface area contributed by atoms with Crippen LogP contribution in [0, 0.1) is 0 Å². The number of methoxy groups -OCH3 is 1. The molecule has 1 amide bonds. The van der Waals surface area contributed by atoms with Crippen molar-refractivity contribution < 1.29 is 19.1 Å². The largest absolute Gasteiger partial charge is 0.469 e. The summed E-state index contributed by atoms with van der Waals surface area (Å²) in [6.45, 7) is 7.32. The van der Waals surface area contributed by atoms with Crippen LogP contribution in [0.1, 0.15) is 27.2 Å². The first-order valence-electron chi connectivity index (χ1n) is 6.62. The fraction of sp³-hybridized carbons (Fsp3) is 0.846. The zero-order valence-corrected chi connectivity index (χ0v) is 13.7. The topological polar surface area (TPSA) is 59.1 Å². The van der Waals surface area contributed by atoms with Crippen LogP contribution in [0.15, 0.2) is 0 Å². The maximum absolute atomic E-state index is 12.1. The smallest absolute Gasteiger partial charge is 0.410 e. The molecule has 0 aromatic rings. The molecule has 1 unspecified atom stereocenters. The molecule has 0 bridgehead atoms. The zero-order valence-electron chi connectivity index (χ0n) is 12.8. The maximum Gasteiger partial charge on any atom is 0.410 e. The van der Waals surface area contributed by atoms with Gasteiger partial charge in [0.2, 0.25) is 0 Å². The highest BCUT2D eigenvalue weighted by Crippen LogP contribution is 2.21. The first-order valence-corrected chi connectivity index (χ1v) is 7.80. The average Bonchev–Trinajstić information content (AvgIpc) is 2.36. The lowest BCUT2D eigenvalue weighted by atomic mass is 10.1. The minimum Gasteiger partial charge on any atom is -0.469 e. The normalized spacial score (nSPS) is 20.6. The van der Waals surface area contributed by atoms with E-state index in [0.717, 1.165) is 0 Å². The van der Waals surface area contributed by atoms with Crippen LogP contribution in [0.4, 0.5) is 4.79 Å². The van der Waals surface area contributed by atoms with Gasteiger partial charge in [0, 0.05) is 25.7 Å². The average molecular weight is 304 g/mol. The second-order valence-corrected chi connectivity index (χ2v) is 6.52. The number of hydrogen-bond donors (Lipinski definition) is 0. The zero-order chi connectivity index (χ0) is 15.3. The number of hydrogen-bond acceptors (Lipinski definition) is 6. The molecule has 0 N–H and O–H groups in total. The lowest BCUT2D eigenvalue weighted by Crippen LogP contribution is -2.53. The summed E-state index contributed by atoms with van der Waals surface area (Å²) in [5, 5.41) is 0. The second kappa shape index (κ2) is 7.17. The highest BCUT2D eigenvalue weighted by atomic mass is 32.2. The Morgan fingerprint density at radius 3 is 2.45 bits per heavy atom. The van der Waals surface area contributed by atoms with Crippen LogP contribution >= 0.6 is 11.9 Å². The van der Waals surface area contributed by atoms with E-state index in [1.807, 2.05) is 27.0 Å². The molecule has 1 atom stereocenters. The number of ether oxygens (including phenoxy) is 2. The van der Waals surface area contributed by atoms with Crippen molar-refractivity contribution in [1.29, 1.82) is 0 Å². The third-order valence-corrected chi connectivity index (χ3v) is 3.89. The third-order valence-electron chi connectivity index (χ3n) is 2.94. The van der Waals surface area contributed by atoms with E-state index in [9.17, 15) is 9.59 Å². The molecule has 1 aliphatic heterocycles. The molecule has 1 rings (SSSR count). The molecule has 0 radical (unpaired) electrons. The molecule has 1 fully saturated rings. The number of rotatable bonds is 3. The summed E-state index contributed by atoms with van der Waals surface area (Å²) in [6.07, 6.45) is 1.91. The van der Waals surface area contributed by atoms with Crippen molar-refractivity contribution in [2.45, 2.75) is 38.8 Å². The summed E-state index contributed by atoms with van der Waals surface area (Å²) in [7, 11) is 1.38. The van der Waals surface area contributed by atoms with E-state index in [1.165, 1.54) is 7.11 Å². The van der Waals surface area contributed by atoms with Crippen LogP contribution in [-0.2, 0) is 14.3 Å². The van der Waals surface area contributed by atoms with Gasteiger partial charge in [-0.05, 0) is 27.0 Å². The van der Waals surface area contributed by atoms with E-state index in [-0.39, 0.29) is 24.5 Å². The van der Waals surface area contributed by atoms with E-state index >= 15 is 0 Å². The third kappa shape index (κ3) is 5.20. The number of piperazine rings is 1. The molecule has 1 aliphatic rings. The van der Waals surface area contributed by atoms with E-state index in [2.05, 4.69) is 4.31 Å². The van der Waals surface area contributed by atoms with E-state index in [0.29, 0.717) is 19.6 Å². The van der Waals surface area contributed by atoms with E-state index in [1.54, 1.807) is 16.8 Å². The molecule has 0 aromatic carbocycles. The lowest BCUT2D eigenvalue weighted by molar-refractivity contribution is -0.142. The van der Waals surface area contributed by atoms with Gasteiger partial charge in [-0.25, -0.2) is 9.10 Å². The van der Waals surface area contributed by atoms with E-state index < -0.39 is 5.60 Å². The quantitative estimate of drug-likeness (QED) is 0.585. The van der Waals surface area contributed by atoms with E-state index in [4.69, 9.17) is 9.47 Å². The molecule has 116 valence electrons. The van der Waals surface area contributed by atoms with Gasteiger partial charge >= 0.3 is 12.1 Å². The highest BCUT2D eigenvalue weighted by Gasteiger charge is 2.33. The summed E-state index contributed by atoms with van der Waals surface area (Å²) < 4.78 is 12.2. The summed E-state index contributed by atoms with van der Waals surface area (Å²) >= 11 is 1.58. The summed E-state index contributed by atoms with van der Waals surface area (Å²) in [5.74, 6) is -0.264. The Morgan fingerprint density at radius 1 is 1.30 bits per heavy atom. The first-order chi connectivity index (χ1) is 9.26. The summed E-state index contributed by atoms with van der Waals surface area (Å²) in [6, 6.07) is -0.0429. The van der Waals surface area contributed by atoms with Crippen LogP contribution in [0.25, 0.3) is 0 Å². The molecule has 1 heterocycles. The van der Waals surface area contributed by atoms with Gasteiger partial charge in [-0.15, -0.1) is 0 Å². The molecule has 0 aliphatic carbocycles. The van der Waals surface area contributed by atoms with Gasteiger partial charge in [0.1, 0.15) is 5.60 Å². The van der Waals surface area contributed by atoms with Gasteiger partial charge in [0.05, 0.1) is 13.5 Å². The molecular formula is C13H24N2O4S. The minimum atomic E-state index is -0.508. The van der Waals surface area contributed by atoms with Gasteiger partial charge in [0.15, 0.2) is 0 Å². The molecule has 0 aromatic heterocycles. The standard InChI is InChI=1S/C13H24N2O4S/c1-13(2,3)19-12(17)14-6-7-15(20-5)10(9-14)8-11(16)18-4/h10H,6-9H2,1-5H3. The Bertz CT molecular complexity index is 357. The summed E-state index contributed by atoms with van der Waals surface area (Å²) in [5.41, 5.74) is -0.508. The Hall–Kier alpha value is -0.950. The Labute approximate surface area is 124 Å². The van der Waals surface area contributed by atoms with Crippen molar-refractivity contribution in [3.05, 3.63) is 0 Å². The Morgan fingerprint density at radius 2 is 1.95 bits per heavy atom. The van der Waals surface area contributed by atoms with Gasteiger partial charge < -0.3 is 14.4 Å². The number of carbonyl (C=O) groups is 2. The fourth-order valence-corrected chi connectivity index (χ4v) is 2.72. The number of amides is 1. The van der Waals surface area contributed by atoms with Gasteiger partial charge in [-0.2, -0.15) is 0 Å². The molecule has 20 heavy (non-hydrogen) atoms. The van der Waals surface area contributed by atoms with Crippen molar-refractivity contribution in [2.75, 3.05) is 33.0 Å². The predicted molar refractivity (Wildman–Crippen MR) is 78.4 cm³/mol. The maximum atomic E-state index is 12.1. The number of carbonyl (C=O) groups excluding carboxylic acids is 2. The molecule has 6 nitrogen and oxygen atoms in total. The molecule has 1 saturated heterocycles. The number of esters is 1. The van der Waals surface area contributed by atoms with Crippen LogP contribution in [0.2, 0.25) is 0 Å². The summed E-state index contributed by atoms with van der Waals surface area (Å²) in [4.78, 5) is 25.2. The number of nitrogens with zero attached hydrogens (tertiary/aromatic N) is 2. The van der Waals surface area contributed by atoms with Crippen molar-refractivity contribution in [3.8, 4) is 0 Å². The van der Waals surface area contributed by atoms with Gasteiger partial charge in [0.25, 0.3) is 0 Å².